The van der Waals surface area contributed by atoms with Gasteiger partial charge < -0.3 is 16.5 Å². The zero-order valence-electron chi connectivity index (χ0n) is 11.0. The minimum absolute atomic E-state index is 0.0378. The van der Waals surface area contributed by atoms with Gasteiger partial charge >= 0.3 is 0 Å². The van der Waals surface area contributed by atoms with E-state index < -0.39 is 10.0 Å². The maximum atomic E-state index is 12.3. The lowest BCUT2D eigenvalue weighted by molar-refractivity contribution is 0.583. The fourth-order valence-corrected chi connectivity index (χ4v) is 3.11. The molecule has 0 bridgehead atoms. The molecule has 21 heavy (non-hydrogen) atoms. The maximum Gasteiger partial charge on any atom is 0.255 e. The van der Waals surface area contributed by atoms with Gasteiger partial charge in [-0.1, -0.05) is 6.07 Å². The fourth-order valence-electron chi connectivity index (χ4n) is 1.87. The minimum atomic E-state index is -3.76. The molecule has 1 heterocycles. The van der Waals surface area contributed by atoms with Gasteiger partial charge in [0, 0.05) is 23.5 Å². The van der Waals surface area contributed by atoms with Crippen molar-refractivity contribution >= 4 is 26.8 Å². The molecule has 0 spiro atoms. The summed E-state index contributed by atoms with van der Waals surface area (Å²) >= 11 is 0. The van der Waals surface area contributed by atoms with E-state index in [2.05, 4.69) is 14.7 Å². The van der Waals surface area contributed by atoms with Gasteiger partial charge in [0.2, 0.25) is 10.0 Å². The molecule has 2 rings (SSSR count). The van der Waals surface area contributed by atoms with Crippen molar-refractivity contribution in [2.45, 2.75) is 4.90 Å². The van der Waals surface area contributed by atoms with Crippen LogP contribution < -0.4 is 21.7 Å². The van der Waals surface area contributed by atoms with Gasteiger partial charge in [0.15, 0.2) is 5.96 Å². The highest BCUT2D eigenvalue weighted by atomic mass is 32.2. The maximum absolute atomic E-state index is 12.3. The number of rotatable bonds is 5. The number of nitrogens with one attached hydrogen (secondary N) is 2. The van der Waals surface area contributed by atoms with E-state index in [1.165, 1.54) is 18.3 Å². The molecule has 9 heteroatoms. The molecule has 0 aliphatic carbocycles. The minimum Gasteiger partial charge on any atom is -0.370 e. The highest BCUT2D eigenvalue weighted by molar-refractivity contribution is 7.89. The zero-order valence-corrected chi connectivity index (χ0v) is 11.9. The Morgan fingerprint density at radius 2 is 2.00 bits per heavy atom. The third-order valence-electron chi connectivity index (χ3n) is 2.76. The average Bonchev–Trinajstić information content (AvgIpc) is 2.43. The van der Waals surface area contributed by atoms with Crippen LogP contribution in [0.5, 0.6) is 0 Å². The lowest BCUT2D eigenvalue weighted by Gasteiger charge is -2.08. The molecule has 0 fully saturated rings. The van der Waals surface area contributed by atoms with Crippen LogP contribution in [-0.2, 0) is 10.0 Å². The molecule has 0 aliphatic heterocycles. The SMILES string of the molecule is NC(N)=NCCNS(=O)(=O)c1cccc2c(=O)[nH]ccc12. The predicted molar refractivity (Wildman–Crippen MR) is 80.4 cm³/mol. The van der Waals surface area contributed by atoms with Gasteiger partial charge in [0.05, 0.1) is 11.4 Å². The Kier molecular flexibility index (Phi) is 4.24. The topological polar surface area (TPSA) is 143 Å². The molecule has 0 aliphatic rings. The van der Waals surface area contributed by atoms with Gasteiger partial charge in [-0.3, -0.25) is 9.79 Å². The molecule has 0 unspecified atom stereocenters. The normalized spacial score (nSPS) is 11.4. The van der Waals surface area contributed by atoms with Gasteiger partial charge in [-0.15, -0.1) is 0 Å². The molecule has 0 atom stereocenters. The molecule has 1 aromatic carbocycles. The first-order valence-electron chi connectivity index (χ1n) is 6.07. The number of aromatic amines is 1. The molecule has 0 radical (unpaired) electrons. The summed E-state index contributed by atoms with van der Waals surface area (Å²) < 4.78 is 26.9. The summed E-state index contributed by atoms with van der Waals surface area (Å²) in [4.78, 5) is 17.9. The second kappa shape index (κ2) is 5.94. The number of nitrogens with two attached hydrogens (primary N) is 2. The first-order chi connectivity index (χ1) is 9.92. The number of H-pyrrole nitrogens is 1. The molecule has 6 N–H and O–H groups in total. The van der Waals surface area contributed by atoms with Crippen LogP contribution in [0.2, 0.25) is 0 Å². The molecular weight excluding hydrogens is 294 g/mol. The Morgan fingerprint density at radius 3 is 2.71 bits per heavy atom. The number of aromatic nitrogens is 1. The summed E-state index contributed by atoms with van der Waals surface area (Å²) in [6, 6.07) is 6.06. The molecule has 0 amide bonds. The number of hydrogen-bond donors (Lipinski definition) is 4. The number of hydrogen-bond acceptors (Lipinski definition) is 4. The quantitative estimate of drug-likeness (QED) is 0.321. The zero-order chi connectivity index (χ0) is 15.5. The Bertz CT molecular complexity index is 837. The van der Waals surface area contributed by atoms with Gasteiger partial charge in [-0.05, 0) is 18.2 Å². The number of guanidine groups is 1. The van der Waals surface area contributed by atoms with Crippen LogP contribution in [0.15, 0.2) is 45.1 Å². The fraction of sp³-hybridized carbons (Fsp3) is 0.167. The van der Waals surface area contributed by atoms with Crippen molar-refractivity contribution in [1.82, 2.24) is 9.71 Å². The summed E-state index contributed by atoms with van der Waals surface area (Å²) in [7, 11) is -3.76. The standard InChI is InChI=1S/C12H15N5O3S/c13-12(14)16-6-7-17-21(19,20)10-3-1-2-9-8(10)4-5-15-11(9)18/h1-5,17H,6-7H2,(H,15,18)(H4,13,14,16). The van der Waals surface area contributed by atoms with E-state index in [4.69, 9.17) is 11.5 Å². The van der Waals surface area contributed by atoms with E-state index in [0.717, 1.165) is 0 Å². The first-order valence-corrected chi connectivity index (χ1v) is 7.55. The van der Waals surface area contributed by atoms with Crippen LogP contribution in [0.25, 0.3) is 10.8 Å². The number of aliphatic imine (C=N–C) groups is 1. The number of sulfonamides is 1. The van der Waals surface area contributed by atoms with Crippen LogP contribution >= 0.6 is 0 Å². The van der Waals surface area contributed by atoms with Crippen molar-refractivity contribution in [2.24, 2.45) is 16.5 Å². The Balaban J connectivity index is 2.35. The number of pyridine rings is 1. The monoisotopic (exact) mass is 309 g/mol. The molecular formula is C12H15N5O3S. The van der Waals surface area contributed by atoms with E-state index in [0.29, 0.717) is 10.8 Å². The average molecular weight is 309 g/mol. The lowest BCUT2D eigenvalue weighted by atomic mass is 10.2. The van der Waals surface area contributed by atoms with Crippen molar-refractivity contribution in [1.29, 1.82) is 0 Å². The largest absolute Gasteiger partial charge is 0.370 e. The van der Waals surface area contributed by atoms with Crippen molar-refractivity contribution in [3.63, 3.8) is 0 Å². The molecule has 2 aromatic rings. The van der Waals surface area contributed by atoms with Gasteiger partial charge in [-0.2, -0.15) is 0 Å². The van der Waals surface area contributed by atoms with E-state index in [1.807, 2.05) is 0 Å². The number of benzene rings is 1. The lowest BCUT2D eigenvalue weighted by Crippen LogP contribution is -2.29. The summed E-state index contributed by atoms with van der Waals surface area (Å²) in [5, 5.41) is 0.667. The molecule has 112 valence electrons. The Morgan fingerprint density at radius 1 is 1.24 bits per heavy atom. The van der Waals surface area contributed by atoms with E-state index in [-0.39, 0.29) is 29.5 Å². The highest BCUT2D eigenvalue weighted by Crippen LogP contribution is 2.19. The van der Waals surface area contributed by atoms with Crippen LogP contribution in [0, 0.1) is 0 Å². The van der Waals surface area contributed by atoms with Gasteiger partial charge in [0.1, 0.15) is 0 Å². The second-order valence-electron chi connectivity index (χ2n) is 4.23. The number of fused-ring (bicyclic) bond motifs is 1. The summed E-state index contributed by atoms with van der Waals surface area (Å²) in [5.74, 6) is -0.106. The Labute approximate surface area is 120 Å². The van der Waals surface area contributed by atoms with E-state index >= 15 is 0 Å². The highest BCUT2D eigenvalue weighted by Gasteiger charge is 2.17. The van der Waals surface area contributed by atoms with Crippen molar-refractivity contribution in [3.05, 3.63) is 40.8 Å². The first kappa shape index (κ1) is 15.0. The van der Waals surface area contributed by atoms with Gasteiger partial charge in [-0.25, -0.2) is 13.1 Å². The van der Waals surface area contributed by atoms with Gasteiger partial charge in [0.25, 0.3) is 5.56 Å². The second-order valence-corrected chi connectivity index (χ2v) is 5.96. The van der Waals surface area contributed by atoms with Crippen molar-refractivity contribution < 1.29 is 8.42 Å². The van der Waals surface area contributed by atoms with Crippen LogP contribution in [0.1, 0.15) is 0 Å². The van der Waals surface area contributed by atoms with E-state index in [9.17, 15) is 13.2 Å². The summed E-state index contributed by atoms with van der Waals surface area (Å²) in [6.45, 7) is 0.187. The third-order valence-corrected chi connectivity index (χ3v) is 4.28. The Hall–Kier alpha value is -2.39. The van der Waals surface area contributed by atoms with Crippen LogP contribution in [-0.4, -0.2) is 32.5 Å². The predicted octanol–water partition coefficient (Wildman–Crippen LogP) is -0.920. The van der Waals surface area contributed by atoms with E-state index in [1.54, 1.807) is 12.1 Å². The molecule has 0 saturated heterocycles. The molecule has 0 saturated carbocycles. The summed E-state index contributed by atoms with van der Waals surface area (Å²) in [6.07, 6.45) is 1.41. The number of nitrogens with zero attached hydrogens (tertiary/aromatic N) is 1. The third kappa shape index (κ3) is 3.38. The van der Waals surface area contributed by atoms with Crippen LogP contribution in [0.4, 0.5) is 0 Å². The smallest absolute Gasteiger partial charge is 0.255 e. The van der Waals surface area contributed by atoms with Crippen molar-refractivity contribution in [2.75, 3.05) is 13.1 Å². The summed E-state index contributed by atoms with van der Waals surface area (Å²) in [5.41, 5.74) is 9.97. The van der Waals surface area contributed by atoms with Crippen molar-refractivity contribution in [3.8, 4) is 0 Å². The molecule has 1 aromatic heterocycles. The van der Waals surface area contributed by atoms with Crippen LogP contribution in [0.3, 0.4) is 0 Å². The molecule has 8 nitrogen and oxygen atoms in total.